The van der Waals surface area contributed by atoms with E-state index in [0.29, 0.717) is 21.5 Å². The van der Waals surface area contributed by atoms with Gasteiger partial charge in [-0.15, -0.1) is 11.3 Å². The van der Waals surface area contributed by atoms with Crippen molar-refractivity contribution in [3.8, 4) is 28.8 Å². The van der Waals surface area contributed by atoms with Crippen LogP contribution in [0.15, 0.2) is 52.9 Å². The van der Waals surface area contributed by atoms with Gasteiger partial charge in [0.05, 0.1) is 25.6 Å². The molecule has 2 aromatic carbocycles. The molecule has 1 heterocycles. The highest BCUT2D eigenvalue weighted by molar-refractivity contribution is 7.12. The molecule has 0 saturated carbocycles. The predicted octanol–water partition coefficient (Wildman–Crippen LogP) is 4.82. The molecule has 0 bridgehead atoms. The van der Waals surface area contributed by atoms with E-state index < -0.39 is 0 Å². The molecule has 0 fully saturated rings. The zero-order valence-corrected chi connectivity index (χ0v) is 16.1. The lowest BCUT2D eigenvalue weighted by atomic mass is 10.2. The first kappa shape index (κ1) is 18.7. The van der Waals surface area contributed by atoms with Crippen LogP contribution in [0.5, 0.6) is 11.5 Å². The Morgan fingerprint density at radius 1 is 1.22 bits per heavy atom. The maximum atomic E-state index is 9.47. The largest absolute Gasteiger partial charge is 0.497 e. The minimum absolute atomic E-state index is 0.163. The highest BCUT2D eigenvalue weighted by Gasteiger charge is 2.12. The summed E-state index contributed by atoms with van der Waals surface area (Å²) in [7, 11) is 3.16. The highest BCUT2D eigenvalue weighted by Crippen LogP contribution is 2.28. The lowest BCUT2D eigenvalue weighted by Crippen LogP contribution is -2.02. The third-order valence-electron chi connectivity index (χ3n) is 3.63. The van der Waals surface area contributed by atoms with Crippen LogP contribution in [-0.2, 0) is 0 Å². The van der Waals surface area contributed by atoms with E-state index in [1.54, 1.807) is 32.4 Å². The number of hydrogen-bond acceptors (Lipinski definition) is 7. The first-order valence-electron chi connectivity index (χ1n) is 7.82. The molecular formula is C19H15ClN4O2S. The van der Waals surface area contributed by atoms with Crippen molar-refractivity contribution in [1.29, 1.82) is 5.26 Å². The maximum absolute atomic E-state index is 9.47. The second-order valence-corrected chi connectivity index (χ2v) is 6.59. The first-order chi connectivity index (χ1) is 13.1. The molecule has 0 spiro atoms. The van der Waals surface area contributed by atoms with E-state index in [9.17, 15) is 5.26 Å². The number of nitrogens with zero attached hydrogens (tertiary/aromatic N) is 3. The van der Waals surface area contributed by atoms with Crippen LogP contribution in [0.25, 0.3) is 11.3 Å². The maximum Gasteiger partial charge on any atom is 0.196 e. The molecule has 27 heavy (non-hydrogen) atoms. The fraction of sp³-hybridized carbons (Fsp3) is 0.105. The Morgan fingerprint density at radius 2 is 2.07 bits per heavy atom. The van der Waals surface area contributed by atoms with Gasteiger partial charge in [-0.2, -0.15) is 10.4 Å². The lowest BCUT2D eigenvalue weighted by Gasteiger charge is -2.07. The SMILES string of the molecule is COc1cccc(-c2csc(C(C#N)=NNc3cc(Cl)ccc3OC)n2)c1. The van der Waals surface area contributed by atoms with Gasteiger partial charge in [0.15, 0.2) is 10.7 Å². The van der Waals surface area contributed by atoms with Gasteiger partial charge in [0.1, 0.15) is 17.6 Å². The number of methoxy groups -OCH3 is 2. The van der Waals surface area contributed by atoms with Crippen molar-refractivity contribution < 1.29 is 9.47 Å². The zero-order chi connectivity index (χ0) is 19.2. The van der Waals surface area contributed by atoms with Crippen LogP contribution in [0.3, 0.4) is 0 Å². The number of benzene rings is 2. The summed E-state index contributed by atoms with van der Waals surface area (Å²) in [6.45, 7) is 0. The Morgan fingerprint density at radius 3 is 2.81 bits per heavy atom. The zero-order valence-electron chi connectivity index (χ0n) is 14.6. The van der Waals surface area contributed by atoms with Crippen LogP contribution in [0.1, 0.15) is 5.01 Å². The van der Waals surface area contributed by atoms with Gasteiger partial charge in [-0.1, -0.05) is 23.7 Å². The van der Waals surface area contributed by atoms with Crippen LogP contribution in [-0.4, -0.2) is 24.9 Å². The average Bonchev–Trinajstić information content (AvgIpc) is 3.19. The number of hydrazone groups is 1. The smallest absolute Gasteiger partial charge is 0.196 e. The molecule has 8 heteroatoms. The second kappa shape index (κ2) is 8.54. The number of thiazole rings is 1. The molecule has 136 valence electrons. The Bertz CT molecular complexity index is 1030. The van der Waals surface area contributed by atoms with Gasteiger partial charge in [0.2, 0.25) is 0 Å². The van der Waals surface area contributed by atoms with Crippen LogP contribution < -0.4 is 14.9 Å². The van der Waals surface area contributed by atoms with Crippen molar-refractivity contribution in [1.82, 2.24) is 4.98 Å². The molecule has 0 saturated heterocycles. The van der Waals surface area contributed by atoms with Gasteiger partial charge in [-0.05, 0) is 30.3 Å². The molecule has 0 aliphatic heterocycles. The van der Waals surface area contributed by atoms with Gasteiger partial charge >= 0.3 is 0 Å². The Balaban J connectivity index is 1.86. The van der Waals surface area contributed by atoms with Crippen molar-refractivity contribution in [3.05, 3.63) is 57.9 Å². The van der Waals surface area contributed by atoms with Gasteiger partial charge in [0.25, 0.3) is 0 Å². The topological polar surface area (TPSA) is 79.5 Å². The average molecular weight is 399 g/mol. The Kier molecular flexibility index (Phi) is 5.91. The summed E-state index contributed by atoms with van der Waals surface area (Å²) >= 11 is 7.34. The quantitative estimate of drug-likeness (QED) is 0.475. The standard InChI is InChI=1S/C19H15ClN4O2S/c1-25-14-5-3-4-12(8-14)17-11-27-19(22-17)16(10-21)24-23-15-9-13(20)6-7-18(15)26-2/h3-9,11,23H,1-2H3. The van der Waals surface area contributed by atoms with Crippen molar-refractivity contribution >= 4 is 34.3 Å². The summed E-state index contributed by atoms with van der Waals surface area (Å²) in [5.74, 6) is 1.31. The summed E-state index contributed by atoms with van der Waals surface area (Å²) in [4.78, 5) is 4.51. The van der Waals surface area contributed by atoms with Crippen LogP contribution >= 0.6 is 22.9 Å². The second-order valence-electron chi connectivity index (χ2n) is 5.30. The fourth-order valence-electron chi connectivity index (χ4n) is 2.30. The van der Waals surface area contributed by atoms with Crippen LogP contribution in [0.2, 0.25) is 5.02 Å². The van der Waals surface area contributed by atoms with Gasteiger partial charge in [-0.3, -0.25) is 5.43 Å². The van der Waals surface area contributed by atoms with E-state index in [1.165, 1.54) is 11.3 Å². The van der Waals surface area contributed by atoms with E-state index in [4.69, 9.17) is 21.1 Å². The number of nitrogens with one attached hydrogen (secondary N) is 1. The normalized spacial score (nSPS) is 11.0. The highest BCUT2D eigenvalue weighted by atomic mass is 35.5. The van der Waals surface area contributed by atoms with E-state index in [2.05, 4.69) is 21.6 Å². The molecule has 0 aliphatic rings. The number of aromatic nitrogens is 1. The van der Waals surface area contributed by atoms with E-state index in [1.807, 2.05) is 29.6 Å². The van der Waals surface area contributed by atoms with Crippen molar-refractivity contribution in [2.75, 3.05) is 19.6 Å². The summed E-state index contributed by atoms with van der Waals surface area (Å²) in [5.41, 5.74) is 5.19. The predicted molar refractivity (Wildman–Crippen MR) is 108 cm³/mol. The molecule has 1 N–H and O–H groups in total. The van der Waals surface area contributed by atoms with Gasteiger partial charge in [0, 0.05) is 16.0 Å². The van der Waals surface area contributed by atoms with Crippen molar-refractivity contribution in [2.45, 2.75) is 0 Å². The molecule has 0 atom stereocenters. The molecule has 0 unspecified atom stereocenters. The number of rotatable bonds is 6. The minimum atomic E-state index is 0.163. The summed E-state index contributed by atoms with van der Waals surface area (Å²) < 4.78 is 10.5. The van der Waals surface area contributed by atoms with E-state index >= 15 is 0 Å². The Labute approximate surface area is 165 Å². The minimum Gasteiger partial charge on any atom is -0.497 e. The van der Waals surface area contributed by atoms with Gasteiger partial charge in [-0.25, -0.2) is 4.98 Å². The van der Waals surface area contributed by atoms with Crippen molar-refractivity contribution in [2.24, 2.45) is 5.10 Å². The van der Waals surface area contributed by atoms with Crippen LogP contribution in [0.4, 0.5) is 5.69 Å². The molecule has 3 aromatic rings. The monoisotopic (exact) mass is 398 g/mol. The first-order valence-corrected chi connectivity index (χ1v) is 9.08. The van der Waals surface area contributed by atoms with Crippen molar-refractivity contribution in [3.63, 3.8) is 0 Å². The number of ether oxygens (including phenoxy) is 2. The lowest BCUT2D eigenvalue weighted by molar-refractivity contribution is 0.415. The summed E-state index contributed by atoms with van der Waals surface area (Å²) in [6.07, 6.45) is 0. The van der Waals surface area contributed by atoms with Crippen LogP contribution in [0, 0.1) is 11.3 Å². The fourth-order valence-corrected chi connectivity index (χ4v) is 3.24. The number of anilines is 1. The third kappa shape index (κ3) is 4.37. The number of nitriles is 1. The Hall–Kier alpha value is -3.08. The van der Waals surface area contributed by atoms with E-state index in [0.717, 1.165) is 17.0 Å². The molecule has 6 nitrogen and oxygen atoms in total. The van der Waals surface area contributed by atoms with E-state index in [-0.39, 0.29) is 5.71 Å². The molecule has 3 rings (SSSR count). The molecule has 0 radical (unpaired) electrons. The van der Waals surface area contributed by atoms with Gasteiger partial charge < -0.3 is 9.47 Å². The summed E-state index contributed by atoms with van der Waals surface area (Å²) in [5, 5.41) is 16.5. The number of hydrogen-bond donors (Lipinski definition) is 1. The molecule has 0 aliphatic carbocycles. The molecule has 0 amide bonds. The summed E-state index contributed by atoms with van der Waals surface area (Å²) in [6, 6.07) is 14.7. The molecule has 1 aromatic heterocycles. The third-order valence-corrected chi connectivity index (χ3v) is 4.71. The molecular weight excluding hydrogens is 384 g/mol. The number of halogens is 1.